The zero-order valence-corrected chi connectivity index (χ0v) is 10.1. The fourth-order valence-electron chi connectivity index (χ4n) is 1.30. The van der Waals surface area contributed by atoms with Crippen LogP contribution in [0.4, 0.5) is 5.69 Å². The van der Waals surface area contributed by atoms with Gasteiger partial charge < -0.3 is 14.8 Å². The van der Waals surface area contributed by atoms with Crippen LogP contribution in [0.2, 0.25) is 0 Å². The maximum absolute atomic E-state index is 11.7. The quantitative estimate of drug-likeness (QED) is 0.463. The second kappa shape index (κ2) is 6.67. The minimum absolute atomic E-state index is 0.127. The van der Waals surface area contributed by atoms with E-state index in [0.717, 1.165) is 0 Å². The number of ether oxygens (including phenoxy) is 2. The van der Waals surface area contributed by atoms with Crippen molar-refractivity contribution in [2.24, 2.45) is 0 Å². The molecular formula is C11H14N2O5. The van der Waals surface area contributed by atoms with E-state index in [2.05, 4.69) is 5.32 Å². The fraction of sp³-hybridized carbons (Fsp3) is 0.364. The van der Waals surface area contributed by atoms with Crippen molar-refractivity contribution < 1.29 is 19.2 Å². The van der Waals surface area contributed by atoms with Crippen LogP contribution in [0.25, 0.3) is 0 Å². The van der Waals surface area contributed by atoms with Gasteiger partial charge in [0.15, 0.2) is 6.29 Å². The molecule has 0 saturated carbocycles. The summed E-state index contributed by atoms with van der Waals surface area (Å²) in [7, 11) is 2.90. The number of amides is 1. The molecule has 0 unspecified atom stereocenters. The van der Waals surface area contributed by atoms with Crippen LogP contribution in [0, 0.1) is 10.1 Å². The summed E-state index contributed by atoms with van der Waals surface area (Å²) < 4.78 is 9.81. The van der Waals surface area contributed by atoms with E-state index < -0.39 is 17.1 Å². The molecule has 18 heavy (non-hydrogen) atoms. The third-order valence-corrected chi connectivity index (χ3v) is 2.27. The van der Waals surface area contributed by atoms with Gasteiger partial charge in [-0.25, -0.2) is 0 Å². The third kappa shape index (κ3) is 3.79. The zero-order chi connectivity index (χ0) is 13.5. The van der Waals surface area contributed by atoms with Gasteiger partial charge in [-0.2, -0.15) is 0 Å². The van der Waals surface area contributed by atoms with Crippen LogP contribution in [-0.2, 0) is 9.47 Å². The molecule has 1 aromatic carbocycles. The lowest BCUT2D eigenvalue weighted by Crippen LogP contribution is -2.34. The lowest BCUT2D eigenvalue weighted by atomic mass is 10.2. The molecular weight excluding hydrogens is 240 g/mol. The normalized spacial score (nSPS) is 10.4. The van der Waals surface area contributed by atoms with Crippen molar-refractivity contribution in [1.29, 1.82) is 0 Å². The summed E-state index contributed by atoms with van der Waals surface area (Å²) in [5, 5.41) is 13.1. The van der Waals surface area contributed by atoms with Crippen LogP contribution in [0.5, 0.6) is 0 Å². The molecule has 1 amide bonds. The number of rotatable bonds is 6. The molecule has 7 heteroatoms. The molecule has 0 fully saturated rings. The Balaban J connectivity index is 2.67. The van der Waals surface area contributed by atoms with Crippen LogP contribution < -0.4 is 5.32 Å². The summed E-state index contributed by atoms with van der Waals surface area (Å²) >= 11 is 0. The van der Waals surface area contributed by atoms with E-state index in [9.17, 15) is 14.9 Å². The highest BCUT2D eigenvalue weighted by Gasteiger charge is 2.13. The molecule has 0 heterocycles. The molecule has 0 radical (unpaired) electrons. The molecule has 0 bridgehead atoms. The van der Waals surface area contributed by atoms with Crippen molar-refractivity contribution in [2.45, 2.75) is 6.29 Å². The first kappa shape index (κ1) is 14.1. The second-order valence-electron chi connectivity index (χ2n) is 3.42. The van der Waals surface area contributed by atoms with Gasteiger partial charge in [0.25, 0.3) is 11.6 Å². The van der Waals surface area contributed by atoms with Gasteiger partial charge in [0.05, 0.1) is 11.5 Å². The van der Waals surface area contributed by atoms with Gasteiger partial charge in [-0.3, -0.25) is 14.9 Å². The number of methoxy groups -OCH3 is 2. The Kier molecular flexibility index (Phi) is 5.22. The predicted molar refractivity (Wildman–Crippen MR) is 63.2 cm³/mol. The molecule has 1 aromatic rings. The van der Waals surface area contributed by atoms with Crippen LogP contribution in [0.1, 0.15) is 10.4 Å². The first-order valence-corrected chi connectivity index (χ1v) is 5.16. The average Bonchev–Trinajstić information content (AvgIpc) is 2.39. The van der Waals surface area contributed by atoms with Crippen molar-refractivity contribution in [2.75, 3.05) is 20.8 Å². The van der Waals surface area contributed by atoms with Gasteiger partial charge in [0, 0.05) is 31.9 Å². The van der Waals surface area contributed by atoms with Crippen LogP contribution in [0.3, 0.4) is 0 Å². The van der Waals surface area contributed by atoms with Crippen molar-refractivity contribution in [3.63, 3.8) is 0 Å². The first-order valence-electron chi connectivity index (χ1n) is 5.16. The second-order valence-corrected chi connectivity index (χ2v) is 3.42. The van der Waals surface area contributed by atoms with Crippen molar-refractivity contribution in [3.8, 4) is 0 Å². The van der Waals surface area contributed by atoms with E-state index in [4.69, 9.17) is 9.47 Å². The number of hydrogen-bond donors (Lipinski definition) is 1. The van der Waals surface area contributed by atoms with Gasteiger partial charge in [0.2, 0.25) is 0 Å². The van der Waals surface area contributed by atoms with Gasteiger partial charge >= 0.3 is 0 Å². The van der Waals surface area contributed by atoms with E-state index in [-0.39, 0.29) is 17.8 Å². The van der Waals surface area contributed by atoms with E-state index in [1.807, 2.05) is 0 Å². The molecule has 0 aliphatic heterocycles. The van der Waals surface area contributed by atoms with Crippen molar-refractivity contribution in [3.05, 3.63) is 39.9 Å². The lowest BCUT2D eigenvalue weighted by Gasteiger charge is -2.13. The summed E-state index contributed by atoms with van der Waals surface area (Å²) in [5.74, 6) is -0.419. The highest BCUT2D eigenvalue weighted by molar-refractivity contribution is 5.94. The molecule has 0 spiro atoms. The fourth-order valence-corrected chi connectivity index (χ4v) is 1.30. The smallest absolute Gasteiger partial charge is 0.270 e. The molecule has 0 saturated heterocycles. The van der Waals surface area contributed by atoms with E-state index in [1.165, 1.54) is 38.5 Å². The standard InChI is InChI=1S/C11H14N2O5/c1-17-10(18-2)7-12-11(14)8-4-3-5-9(6-8)13(15)16/h3-6,10H,7H2,1-2H3,(H,12,14). The number of nitrogens with one attached hydrogen (secondary N) is 1. The Bertz CT molecular complexity index is 431. The lowest BCUT2D eigenvalue weighted by molar-refractivity contribution is -0.384. The summed E-state index contributed by atoms with van der Waals surface area (Å²) in [5.41, 5.74) is 0.0906. The minimum atomic E-state index is -0.552. The number of nitrogens with zero attached hydrogens (tertiary/aromatic N) is 1. The molecule has 0 aliphatic rings. The van der Waals surface area contributed by atoms with Gasteiger partial charge in [-0.1, -0.05) is 6.07 Å². The summed E-state index contributed by atoms with van der Waals surface area (Å²) in [6, 6.07) is 5.49. The number of non-ortho nitro benzene ring substituents is 1. The maximum atomic E-state index is 11.7. The van der Waals surface area contributed by atoms with Crippen LogP contribution in [0.15, 0.2) is 24.3 Å². The van der Waals surface area contributed by atoms with Crippen molar-refractivity contribution in [1.82, 2.24) is 5.32 Å². The Labute approximate surface area is 104 Å². The Morgan fingerprint density at radius 3 is 2.67 bits per heavy atom. The van der Waals surface area contributed by atoms with E-state index >= 15 is 0 Å². The molecule has 1 rings (SSSR count). The highest BCUT2D eigenvalue weighted by atomic mass is 16.7. The largest absolute Gasteiger partial charge is 0.354 e. The Hall–Kier alpha value is -1.99. The Morgan fingerprint density at radius 1 is 1.44 bits per heavy atom. The van der Waals surface area contributed by atoms with Gasteiger partial charge in [-0.05, 0) is 6.07 Å². The third-order valence-electron chi connectivity index (χ3n) is 2.27. The topological polar surface area (TPSA) is 90.7 Å². The van der Waals surface area contributed by atoms with Crippen molar-refractivity contribution >= 4 is 11.6 Å². The summed E-state index contributed by atoms with van der Waals surface area (Å²) in [6.07, 6.45) is -0.548. The van der Waals surface area contributed by atoms with Crippen LogP contribution >= 0.6 is 0 Å². The number of nitro benzene ring substituents is 1. The maximum Gasteiger partial charge on any atom is 0.270 e. The molecule has 0 aromatic heterocycles. The highest BCUT2D eigenvalue weighted by Crippen LogP contribution is 2.12. The molecule has 0 aliphatic carbocycles. The average molecular weight is 254 g/mol. The number of hydrogen-bond acceptors (Lipinski definition) is 5. The zero-order valence-electron chi connectivity index (χ0n) is 10.1. The Morgan fingerprint density at radius 2 is 2.11 bits per heavy atom. The molecule has 98 valence electrons. The summed E-state index contributed by atoms with van der Waals surface area (Å²) in [6.45, 7) is 0.161. The molecule has 0 atom stereocenters. The van der Waals surface area contributed by atoms with Crippen LogP contribution in [-0.4, -0.2) is 37.9 Å². The molecule has 1 N–H and O–H groups in total. The first-order chi connectivity index (χ1) is 8.58. The SMILES string of the molecule is COC(CNC(=O)c1cccc([N+](=O)[O-])c1)OC. The number of nitro groups is 1. The number of carbonyl (C=O) groups is 1. The van der Waals surface area contributed by atoms with E-state index in [0.29, 0.717) is 0 Å². The number of benzene rings is 1. The minimum Gasteiger partial charge on any atom is -0.354 e. The molecule has 7 nitrogen and oxygen atoms in total. The monoisotopic (exact) mass is 254 g/mol. The number of carbonyl (C=O) groups excluding carboxylic acids is 1. The predicted octanol–water partition coefficient (Wildman–Crippen LogP) is 0.944. The van der Waals surface area contributed by atoms with Gasteiger partial charge in [0.1, 0.15) is 0 Å². The van der Waals surface area contributed by atoms with E-state index in [1.54, 1.807) is 0 Å². The summed E-state index contributed by atoms with van der Waals surface area (Å²) in [4.78, 5) is 21.7. The van der Waals surface area contributed by atoms with Gasteiger partial charge in [-0.15, -0.1) is 0 Å².